The van der Waals surface area contributed by atoms with Gasteiger partial charge in [-0.2, -0.15) is 5.10 Å². The third-order valence-corrected chi connectivity index (χ3v) is 6.22. The van der Waals surface area contributed by atoms with Crippen molar-refractivity contribution in [3.05, 3.63) is 41.7 Å². The van der Waals surface area contributed by atoms with Crippen LogP contribution in [-0.2, 0) is 11.3 Å². The van der Waals surface area contributed by atoms with Crippen LogP contribution in [-0.4, -0.2) is 42.0 Å². The number of morpholine rings is 1. The third-order valence-electron chi connectivity index (χ3n) is 6.22. The summed E-state index contributed by atoms with van der Waals surface area (Å²) in [6, 6.07) is 7.42. The Bertz CT molecular complexity index is 900. The molecule has 1 saturated heterocycles. The molecule has 29 heavy (non-hydrogen) atoms. The van der Waals surface area contributed by atoms with E-state index in [4.69, 9.17) is 9.84 Å². The van der Waals surface area contributed by atoms with Crippen molar-refractivity contribution in [3.63, 3.8) is 0 Å². The lowest BCUT2D eigenvalue weighted by Crippen LogP contribution is -2.36. The first-order valence-electron chi connectivity index (χ1n) is 10.5. The van der Waals surface area contributed by atoms with Gasteiger partial charge in [-0.1, -0.05) is 18.6 Å². The number of hydrogen-bond acceptors (Lipinski definition) is 4. The van der Waals surface area contributed by atoms with E-state index in [1.54, 1.807) is 4.68 Å². The van der Waals surface area contributed by atoms with E-state index in [0.717, 1.165) is 60.9 Å². The summed E-state index contributed by atoms with van der Waals surface area (Å²) in [5.41, 5.74) is 4.72. The SMILES string of the molecule is FC1(F)CCCCC1n1nc(-c2ccc(N3CCOCC3)cc2)c2c1C=CNC2. The summed E-state index contributed by atoms with van der Waals surface area (Å²) in [6.45, 7) is 3.86. The summed E-state index contributed by atoms with van der Waals surface area (Å²) in [5, 5.41) is 7.94. The predicted molar refractivity (Wildman–Crippen MR) is 109 cm³/mol. The molecule has 1 atom stereocenters. The molecule has 0 amide bonds. The number of anilines is 1. The summed E-state index contributed by atoms with van der Waals surface area (Å²) < 4.78 is 36.4. The topological polar surface area (TPSA) is 42.3 Å². The number of fused-ring (bicyclic) bond motifs is 1. The van der Waals surface area contributed by atoms with Gasteiger partial charge in [-0.3, -0.25) is 4.68 Å². The van der Waals surface area contributed by atoms with Crippen molar-refractivity contribution >= 4 is 11.8 Å². The second-order valence-corrected chi connectivity index (χ2v) is 8.04. The first kappa shape index (κ1) is 18.6. The standard InChI is InChI=1S/C22H26F2N4O/c23-22(24)9-2-1-3-20(22)28-19-8-10-25-15-18(19)21(26-28)16-4-6-17(7-5-16)27-11-13-29-14-12-27/h4-8,10,20,25H,1-3,9,11-15H2. The molecule has 154 valence electrons. The quantitative estimate of drug-likeness (QED) is 0.838. The number of alkyl halides is 2. The number of rotatable bonds is 3. The van der Waals surface area contributed by atoms with Crippen LogP contribution in [0.4, 0.5) is 14.5 Å². The fraction of sp³-hybridized carbons (Fsp3) is 0.500. The average molecular weight is 400 g/mol. The summed E-state index contributed by atoms with van der Waals surface area (Å²) in [4.78, 5) is 2.30. The van der Waals surface area contributed by atoms with Crippen LogP contribution in [0, 0.1) is 0 Å². The summed E-state index contributed by atoms with van der Waals surface area (Å²) in [7, 11) is 0. The Hall–Kier alpha value is -2.41. The molecule has 1 saturated carbocycles. The van der Waals surface area contributed by atoms with Crippen molar-refractivity contribution in [2.24, 2.45) is 0 Å². The van der Waals surface area contributed by atoms with E-state index in [-0.39, 0.29) is 6.42 Å². The molecule has 1 aliphatic carbocycles. The van der Waals surface area contributed by atoms with Crippen molar-refractivity contribution < 1.29 is 13.5 Å². The molecule has 3 heterocycles. The van der Waals surface area contributed by atoms with Gasteiger partial charge in [0.15, 0.2) is 0 Å². The van der Waals surface area contributed by atoms with Gasteiger partial charge in [-0.25, -0.2) is 8.78 Å². The molecule has 1 unspecified atom stereocenters. The van der Waals surface area contributed by atoms with Crippen LogP contribution in [0.5, 0.6) is 0 Å². The Morgan fingerprint density at radius 2 is 1.90 bits per heavy atom. The second kappa shape index (κ2) is 7.44. The highest BCUT2D eigenvalue weighted by Crippen LogP contribution is 2.43. The maximum Gasteiger partial charge on any atom is 0.270 e. The molecular weight excluding hydrogens is 374 g/mol. The van der Waals surface area contributed by atoms with Gasteiger partial charge in [-0.15, -0.1) is 0 Å². The normalized spacial score (nSPS) is 23.5. The van der Waals surface area contributed by atoms with E-state index in [0.29, 0.717) is 19.4 Å². The Morgan fingerprint density at radius 1 is 1.10 bits per heavy atom. The van der Waals surface area contributed by atoms with Crippen molar-refractivity contribution in [1.82, 2.24) is 15.1 Å². The Kier molecular flexibility index (Phi) is 4.78. The van der Waals surface area contributed by atoms with Crippen LogP contribution >= 0.6 is 0 Å². The zero-order valence-electron chi connectivity index (χ0n) is 16.4. The third kappa shape index (κ3) is 3.41. The molecule has 2 aliphatic heterocycles. The zero-order valence-corrected chi connectivity index (χ0v) is 16.4. The van der Waals surface area contributed by atoms with Crippen LogP contribution in [0.3, 0.4) is 0 Å². The first-order chi connectivity index (χ1) is 14.1. The molecule has 0 spiro atoms. The number of aromatic nitrogens is 2. The Balaban J connectivity index is 1.50. The fourth-order valence-corrected chi connectivity index (χ4v) is 4.63. The van der Waals surface area contributed by atoms with Gasteiger partial charge in [0.25, 0.3) is 5.92 Å². The minimum atomic E-state index is -2.71. The molecule has 7 heteroatoms. The van der Waals surface area contributed by atoms with E-state index in [1.165, 1.54) is 0 Å². The van der Waals surface area contributed by atoms with Crippen molar-refractivity contribution in [3.8, 4) is 11.3 Å². The van der Waals surface area contributed by atoms with Gasteiger partial charge in [-0.05, 0) is 37.3 Å². The molecule has 1 aromatic heterocycles. The van der Waals surface area contributed by atoms with E-state index in [9.17, 15) is 8.78 Å². The number of nitrogens with one attached hydrogen (secondary N) is 1. The second-order valence-electron chi connectivity index (χ2n) is 8.04. The lowest BCUT2D eigenvalue weighted by Gasteiger charge is -2.32. The van der Waals surface area contributed by atoms with Crippen molar-refractivity contribution in [2.45, 2.75) is 44.2 Å². The van der Waals surface area contributed by atoms with Crippen LogP contribution in [0.2, 0.25) is 0 Å². The monoisotopic (exact) mass is 400 g/mol. The minimum absolute atomic E-state index is 0.0577. The van der Waals surface area contributed by atoms with Gasteiger partial charge >= 0.3 is 0 Å². The molecule has 1 aromatic carbocycles. The summed E-state index contributed by atoms with van der Waals surface area (Å²) in [5.74, 6) is -2.71. The molecule has 0 radical (unpaired) electrons. The molecule has 0 bridgehead atoms. The van der Waals surface area contributed by atoms with Crippen LogP contribution < -0.4 is 10.2 Å². The maximum absolute atomic E-state index is 14.7. The molecule has 5 rings (SSSR count). The van der Waals surface area contributed by atoms with Crippen LogP contribution in [0.15, 0.2) is 30.5 Å². The fourth-order valence-electron chi connectivity index (χ4n) is 4.63. The Morgan fingerprint density at radius 3 is 2.66 bits per heavy atom. The highest BCUT2D eigenvalue weighted by molar-refractivity contribution is 5.71. The summed E-state index contributed by atoms with van der Waals surface area (Å²) in [6.07, 6.45) is 5.52. The van der Waals surface area contributed by atoms with Gasteiger partial charge in [0, 0.05) is 42.9 Å². The predicted octanol–water partition coefficient (Wildman–Crippen LogP) is 4.21. The number of hydrogen-bond donors (Lipinski definition) is 1. The maximum atomic E-state index is 14.7. The number of benzene rings is 1. The van der Waals surface area contributed by atoms with E-state index in [1.807, 2.05) is 12.3 Å². The number of halogens is 2. The lowest BCUT2D eigenvalue weighted by molar-refractivity contribution is -0.0820. The molecular formula is C22H26F2N4O. The molecule has 3 aliphatic rings. The minimum Gasteiger partial charge on any atom is -0.387 e. The lowest BCUT2D eigenvalue weighted by atomic mass is 9.91. The van der Waals surface area contributed by atoms with E-state index >= 15 is 0 Å². The average Bonchev–Trinajstić information content (AvgIpc) is 3.14. The van der Waals surface area contributed by atoms with Gasteiger partial charge in [0.2, 0.25) is 0 Å². The van der Waals surface area contributed by atoms with E-state index in [2.05, 4.69) is 34.5 Å². The molecule has 5 nitrogen and oxygen atoms in total. The van der Waals surface area contributed by atoms with Crippen molar-refractivity contribution in [2.75, 3.05) is 31.2 Å². The molecule has 2 aromatic rings. The number of nitrogens with zero attached hydrogens (tertiary/aromatic N) is 3. The van der Waals surface area contributed by atoms with Gasteiger partial charge in [0.1, 0.15) is 6.04 Å². The van der Waals surface area contributed by atoms with Crippen molar-refractivity contribution in [1.29, 1.82) is 0 Å². The molecule has 1 N–H and O–H groups in total. The smallest absolute Gasteiger partial charge is 0.270 e. The Labute approximate surface area is 169 Å². The van der Waals surface area contributed by atoms with Gasteiger partial charge in [0.05, 0.1) is 24.6 Å². The number of ether oxygens (including phenoxy) is 1. The summed E-state index contributed by atoms with van der Waals surface area (Å²) >= 11 is 0. The molecule has 2 fully saturated rings. The van der Waals surface area contributed by atoms with Gasteiger partial charge < -0.3 is 15.0 Å². The first-order valence-corrected chi connectivity index (χ1v) is 10.5. The highest BCUT2D eigenvalue weighted by Gasteiger charge is 2.44. The largest absolute Gasteiger partial charge is 0.387 e. The van der Waals surface area contributed by atoms with Crippen LogP contribution in [0.1, 0.15) is 43.0 Å². The highest BCUT2D eigenvalue weighted by atomic mass is 19.3. The zero-order chi connectivity index (χ0) is 19.8. The van der Waals surface area contributed by atoms with Crippen LogP contribution in [0.25, 0.3) is 17.3 Å². The van der Waals surface area contributed by atoms with E-state index < -0.39 is 12.0 Å².